The van der Waals surface area contributed by atoms with Gasteiger partial charge in [-0.05, 0) is 52.9 Å². The number of benzene rings is 2. The normalized spacial score (nSPS) is 13.3. The number of halogens is 1. The van der Waals surface area contributed by atoms with Gasteiger partial charge in [0.2, 0.25) is 15.9 Å². The van der Waals surface area contributed by atoms with Crippen molar-refractivity contribution in [2.75, 3.05) is 25.1 Å². The molecule has 2 aromatic carbocycles. The molecule has 3 rings (SSSR count). The molecule has 0 saturated heterocycles. The van der Waals surface area contributed by atoms with Gasteiger partial charge >= 0.3 is 0 Å². The summed E-state index contributed by atoms with van der Waals surface area (Å²) in [6.07, 6.45) is 0.0231. The molecule has 138 valence electrons. The van der Waals surface area contributed by atoms with Crippen LogP contribution in [0.3, 0.4) is 0 Å². The average molecular weight is 488 g/mol. The molecule has 1 aliphatic rings. The van der Waals surface area contributed by atoms with Crippen molar-refractivity contribution in [2.24, 2.45) is 0 Å². The number of hydrogen-bond donors (Lipinski definition) is 2. The Kier molecular flexibility index (Phi) is 5.99. The number of fused-ring (bicyclic) bond motifs is 1. The molecule has 7 nitrogen and oxygen atoms in total. The molecule has 2 N–H and O–H groups in total. The van der Waals surface area contributed by atoms with Gasteiger partial charge in [0.25, 0.3) is 0 Å². The maximum atomic E-state index is 12.4. The Bertz CT molecular complexity index is 917. The standard InChI is InChI=1S/C17H17IN2O5S/c18-12-2-1-3-13(10-12)20-17(21)6-7-19-26(22,23)14-4-5-15-16(11-14)25-9-8-24-15/h1-5,10-11,19H,6-9H2,(H,20,21). The summed E-state index contributed by atoms with van der Waals surface area (Å²) in [6, 6.07) is 11.8. The first-order chi connectivity index (χ1) is 12.4. The maximum absolute atomic E-state index is 12.4. The molecule has 0 saturated carbocycles. The SMILES string of the molecule is O=C(CCNS(=O)(=O)c1ccc2c(c1)OCCO2)Nc1cccc(I)c1. The molecule has 0 spiro atoms. The van der Waals surface area contributed by atoms with Crippen LogP contribution >= 0.6 is 22.6 Å². The van der Waals surface area contributed by atoms with Crippen molar-refractivity contribution in [1.29, 1.82) is 0 Å². The van der Waals surface area contributed by atoms with Gasteiger partial charge < -0.3 is 14.8 Å². The Morgan fingerprint density at radius 2 is 1.85 bits per heavy atom. The Morgan fingerprint density at radius 3 is 2.62 bits per heavy atom. The highest BCUT2D eigenvalue weighted by Gasteiger charge is 2.19. The van der Waals surface area contributed by atoms with Crippen molar-refractivity contribution in [2.45, 2.75) is 11.3 Å². The second-order valence-electron chi connectivity index (χ2n) is 5.51. The van der Waals surface area contributed by atoms with Crippen LogP contribution in [-0.2, 0) is 14.8 Å². The first-order valence-corrected chi connectivity index (χ1v) is 10.4. The summed E-state index contributed by atoms with van der Waals surface area (Å²) in [5.74, 6) is 0.652. The predicted molar refractivity (Wildman–Crippen MR) is 105 cm³/mol. The van der Waals surface area contributed by atoms with Crippen molar-refractivity contribution >= 4 is 44.2 Å². The number of amides is 1. The summed E-state index contributed by atoms with van der Waals surface area (Å²) in [5.41, 5.74) is 0.677. The van der Waals surface area contributed by atoms with Crippen LogP contribution in [0.25, 0.3) is 0 Å². The van der Waals surface area contributed by atoms with E-state index in [1.807, 2.05) is 18.2 Å². The van der Waals surface area contributed by atoms with E-state index in [1.165, 1.54) is 12.1 Å². The second kappa shape index (κ2) is 8.23. The van der Waals surface area contributed by atoms with E-state index in [2.05, 4.69) is 32.6 Å². The summed E-state index contributed by atoms with van der Waals surface area (Å²) in [6.45, 7) is 0.808. The third-order valence-corrected chi connectivity index (χ3v) is 5.71. The first kappa shape index (κ1) is 18.9. The maximum Gasteiger partial charge on any atom is 0.240 e. The minimum absolute atomic E-state index is 0.00741. The number of carbonyl (C=O) groups excluding carboxylic acids is 1. The Labute approximate surface area is 165 Å². The molecule has 0 fully saturated rings. The molecule has 2 aromatic rings. The molecular weight excluding hydrogens is 471 g/mol. The minimum atomic E-state index is -3.74. The molecule has 0 unspecified atom stereocenters. The number of ether oxygens (including phenoxy) is 2. The van der Waals surface area contributed by atoms with Crippen LogP contribution in [-0.4, -0.2) is 34.1 Å². The van der Waals surface area contributed by atoms with Gasteiger partial charge in [-0.1, -0.05) is 6.07 Å². The molecular formula is C17H17IN2O5S. The summed E-state index contributed by atoms with van der Waals surface area (Å²) >= 11 is 2.15. The van der Waals surface area contributed by atoms with Gasteiger partial charge in [0, 0.05) is 28.3 Å². The Morgan fingerprint density at radius 1 is 1.08 bits per heavy atom. The highest BCUT2D eigenvalue weighted by molar-refractivity contribution is 14.1. The van der Waals surface area contributed by atoms with E-state index in [4.69, 9.17) is 9.47 Å². The fraction of sp³-hybridized carbons (Fsp3) is 0.235. The van der Waals surface area contributed by atoms with Gasteiger partial charge in [-0.3, -0.25) is 4.79 Å². The predicted octanol–water partition coefficient (Wildman–Crippen LogP) is 2.37. The van der Waals surface area contributed by atoms with Crippen LogP contribution < -0.4 is 19.5 Å². The minimum Gasteiger partial charge on any atom is -0.486 e. The highest BCUT2D eigenvalue weighted by Crippen LogP contribution is 2.32. The summed E-state index contributed by atoms with van der Waals surface area (Å²) < 4.78 is 38.9. The molecule has 1 amide bonds. The topological polar surface area (TPSA) is 93.7 Å². The van der Waals surface area contributed by atoms with E-state index >= 15 is 0 Å². The fourth-order valence-corrected chi connectivity index (χ4v) is 3.95. The molecule has 0 atom stereocenters. The highest BCUT2D eigenvalue weighted by atomic mass is 127. The van der Waals surface area contributed by atoms with E-state index in [1.54, 1.807) is 12.1 Å². The van der Waals surface area contributed by atoms with Gasteiger partial charge in [0.1, 0.15) is 13.2 Å². The quantitative estimate of drug-likeness (QED) is 0.610. The van der Waals surface area contributed by atoms with Gasteiger partial charge in [0.15, 0.2) is 11.5 Å². The van der Waals surface area contributed by atoms with Crippen LogP contribution in [0.4, 0.5) is 5.69 Å². The number of carbonyl (C=O) groups is 1. The fourth-order valence-electron chi connectivity index (χ4n) is 2.36. The molecule has 1 heterocycles. The van der Waals surface area contributed by atoms with Crippen molar-refractivity contribution in [1.82, 2.24) is 4.72 Å². The van der Waals surface area contributed by atoms with Crippen LogP contribution in [0.2, 0.25) is 0 Å². The van der Waals surface area contributed by atoms with E-state index in [-0.39, 0.29) is 23.8 Å². The molecule has 1 aliphatic heterocycles. The first-order valence-electron chi connectivity index (χ1n) is 7.89. The molecule has 9 heteroatoms. The van der Waals surface area contributed by atoms with E-state index < -0.39 is 10.0 Å². The monoisotopic (exact) mass is 488 g/mol. The zero-order valence-corrected chi connectivity index (χ0v) is 16.7. The lowest BCUT2D eigenvalue weighted by molar-refractivity contribution is -0.116. The number of anilines is 1. The molecule has 0 bridgehead atoms. The zero-order chi connectivity index (χ0) is 18.6. The molecule has 0 radical (unpaired) electrons. The summed E-state index contributed by atoms with van der Waals surface area (Å²) in [4.78, 5) is 12.0. The van der Waals surface area contributed by atoms with Gasteiger partial charge in [-0.2, -0.15) is 0 Å². The van der Waals surface area contributed by atoms with Crippen molar-refractivity contribution in [3.05, 3.63) is 46.0 Å². The third kappa shape index (κ3) is 4.86. The second-order valence-corrected chi connectivity index (χ2v) is 8.52. The van der Waals surface area contributed by atoms with Crippen LogP contribution in [0.15, 0.2) is 47.4 Å². The molecule has 0 aromatic heterocycles. The third-order valence-electron chi connectivity index (χ3n) is 3.58. The molecule has 26 heavy (non-hydrogen) atoms. The summed E-state index contributed by atoms with van der Waals surface area (Å²) in [7, 11) is -3.74. The Balaban J connectivity index is 1.56. The lowest BCUT2D eigenvalue weighted by Gasteiger charge is -2.18. The van der Waals surface area contributed by atoms with Crippen molar-refractivity contribution in [3.8, 4) is 11.5 Å². The van der Waals surface area contributed by atoms with Gasteiger partial charge in [-0.25, -0.2) is 13.1 Å². The van der Waals surface area contributed by atoms with Crippen molar-refractivity contribution < 1.29 is 22.7 Å². The largest absolute Gasteiger partial charge is 0.486 e. The van der Waals surface area contributed by atoms with E-state index in [0.717, 1.165) is 3.57 Å². The zero-order valence-electron chi connectivity index (χ0n) is 13.7. The number of hydrogen-bond acceptors (Lipinski definition) is 5. The van der Waals surface area contributed by atoms with Crippen LogP contribution in [0.5, 0.6) is 11.5 Å². The Hall–Kier alpha value is -1.85. The van der Waals surface area contributed by atoms with Crippen molar-refractivity contribution in [3.63, 3.8) is 0 Å². The average Bonchev–Trinajstić information content (AvgIpc) is 2.61. The van der Waals surface area contributed by atoms with Gasteiger partial charge in [-0.15, -0.1) is 0 Å². The lowest BCUT2D eigenvalue weighted by Crippen LogP contribution is -2.28. The van der Waals surface area contributed by atoms with Gasteiger partial charge in [0.05, 0.1) is 4.90 Å². The molecule has 0 aliphatic carbocycles. The lowest BCUT2D eigenvalue weighted by atomic mass is 10.3. The number of sulfonamides is 1. The van der Waals surface area contributed by atoms with Crippen LogP contribution in [0.1, 0.15) is 6.42 Å². The number of rotatable bonds is 6. The number of nitrogens with one attached hydrogen (secondary N) is 2. The summed E-state index contributed by atoms with van der Waals surface area (Å²) in [5, 5.41) is 2.73. The van der Waals surface area contributed by atoms with E-state index in [0.29, 0.717) is 30.4 Å². The smallest absolute Gasteiger partial charge is 0.240 e. The van der Waals surface area contributed by atoms with Crippen LogP contribution in [0, 0.1) is 3.57 Å². The van der Waals surface area contributed by atoms with E-state index in [9.17, 15) is 13.2 Å².